The molecule has 0 aliphatic heterocycles. The number of para-hydroxylation sites is 1. The first kappa shape index (κ1) is 33.0. The van der Waals surface area contributed by atoms with Crippen LogP contribution in [0.25, 0.3) is 33.3 Å². The summed E-state index contributed by atoms with van der Waals surface area (Å²) in [6.45, 7) is 20.3. The minimum Gasteiger partial charge on any atom is -0.509 e. The van der Waals surface area contributed by atoms with Gasteiger partial charge in [-0.3, -0.25) is 4.68 Å². The van der Waals surface area contributed by atoms with Gasteiger partial charge in [0, 0.05) is 40.4 Å². The molecule has 7 rings (SSSR count). The van der Waals surface area contributed by atoms with Crippen molar-refractivity contribution in [2.45, 2.75) is 68.2 Å². The van der Waals surface area contributed by atoms with Crippen LogP contribution in [0.1, 0.15) is 68.6 Å². The quantitative estimate of drug-likeness (QED) is 0.129. The zero-order valence-corrected chi connectivity index (χ0v) is 30.9. The second-order valence-corrected chi connectivity index (χ2v) is 13.5. The number of hydrogen-bond donors (Lipinski definition) is 0. The smallest absolute Gasteiger partial charge is 0.509 e. The number of pyridine rings is 1. The Morgan fingerprint density at radius 3 is 2.28 bits per heavy atom. The number of fused-ring (bicyclic) bond motifs is 3. The zero-order valence-electron chi connectivity index (χ0n) is 28.7. The van der Waals surface area contributed by atoms with Gasteiger partial charge in [0.05, 0.1) is 5.69 Å². The van der Waals surface area contributed by atoms with Gasteiger partial charge in [0.1, 0.15) is 5.82 Å². The molecular weight excluding hydrogens is 760 g/mol. The van der Waals surface area contributed by atoms with E-state index in [2.05, 4.69) is 126 Å². The molecule has 0 N–H and O–H groups in total. The van der Waals surface area contributed by atoms with Gasteiger partial charge in [-0.15, -0.1) is 35.7 Å². The molecule has 4 atom stereocenters. The van der Waals surface area contributed by atoms with Crippen LogP contribution in [-0.2, 0) is 21.1 Å². The Hall–Kier alpha value is -3.95. The molecule has 3 heterocycles. The zero-order chi connectivity index (χ0) is 32.4. The van der Waals surface area contributed by atoms with Gasteiger partial charge in [0.25, 0.3) is 0 Å². The van der Waals surface area contributed by atoms with Crippen molar-refractivity contribution in [3.05, 3.63) is 118 Å². The topological polar surface area (TPSA) is 44.9 Å². The van der Waals surface area contributed by atoms with Crippen molar-refractivity contribution < 1.29 is 25.8 Å². The Morgan fingerprint density at radius 1 is 0.745 bits per heavy atom. The minimum atomic E-state index is 0. The number of rotatable bonds is 5. The molecule has 5 nitrogen and oxygen atoms in total. The molecule has 242 valence electrons. The van der Waals surface area contributed by atoms with Crippen molar-refractivity contribution in [1.29, 1.82) is 0 Å². The molecule has 6 heteroatoms. The van der Waals surface area contributed by atoms with Gasteiger partial charge in [-0.2, -0.15) is 16.7 Å². The number of aryl methyl sites for hydroxylation is 3. The van der Waals surface area contributed by atoms with E-state index in [0.717, 1.165) is 50.1 Å². The summed E-state index contributed by atoms with van der Waals surface area (Å²) in [6, 6.07) is 27.9. The number of benzene rings is 3. The third-order valence-corrected chi connectivity index (χ3v) is 10.7. The summed E-state index contributed by atoms with van der Waals surface area (Å²) in [5.74, 6) is 4.22. The maximum absolute atomic E-state index is 6.51. The third kappa shape index (κ3) is 5.57. The fraction of sp³-hybridized carbons (Fsp3) is 0.317. The van der Waals surface area contributed by atoms with Crippen LogP contribution < -0.4 is 4.74 Å². The van der Waals surface area contributed by atoms with Crippen molar-refractivity contribution in [3.63, 3.8) is 0 Å². The molecule has 0 spiro atoms. The largest absolute Gasteiger partial charge is 2.00 e. The molecule has 0 bridgehead atoms. The average Bonchev–Trinajstić information content (AvgIpc) is 3.52. The third-order valence-electron chi connectivity index (χ3n) is 10.7. The summed E-state index contributed by atoms with van der Waals surface area (Å²) in [5.41, 5.74) is 11.7. The summed E-state index contributed by atoms with van der Waals surface area (Å²) in [4.78, 5) is 4.71. The number of nitrogens with zero attached hydrogens (tertiary/aromatic N) is 4. The van der Waals surface area contributed by atoms with Crippen molar-refractivity contribution >= 4 is 21.8 Å². The van der Waals surface area contributed by atoms with Gasteiger partial charge in [-0.25, -0.2) is 4.98 Å². The normalized spacial score (nSPS) is 19.8. The van der Waals surface area contributed by atoms with Gasteiger partial charge in [0.2, 0.25) is 0 Å². The van der Waals surface area contributed by atoms with Crippen LogP contribution in [0.4, 0.5) is 0 Å². The van der Waals surface area contributed by atoms with E-state index < -0.39 is 0 Å². The molecule has 0 fully saturated rings. The van der Waals surface area contributed by atoms with Gasteiger partial charge in [0.15, 0.2) is 0 Å². The Bertz CT molecular complexity index is 2170. The summed E-state index contributed by atoms with van der Waals surface area (Å²) in [7, 11) is 0. The van der Waals surface area contributed by atoms with E-state index in [1.165, 1.54) is 22.4 Å². The standard InChI is InChI=1S/C41H42N4O.Pt/c1-23-16-17-42-39(20-23)44-37-13-11-10-12-35(37)36-15-14-33(22-38(36)44)46-34-19-24(2)18-32(21-34)45-31(9)41(30(8)43-45)40-28(6)26(4)25(3)27(5)29(40)7;/h10-20,25-26,28,40H,1-9H3;/q-2;+2/t25-,26+,28+,40?;/m1./s1. The van der Waals surface area contributed by atoms with Crippen LogP contribution in [0.5, 0.6) is 11.5 Å². The molecule has 0 saturated carbocycles. The molecule has 47 heavy (non-hydrogen) atoms. The predicted octanol–water partition coefficient (Wildman–Crippen LogP) is 10.3. The first-order valence-corrected chi connectivity index (χ1v) is 16.4. The number of allylic oxidation sites excluding steroid dienone is 2. The van der Waals surface area contributed by atoms with Crippen LogP contribution >= 0.6 is 0 Å². The fourth-order valence-corrected chi connectivity index (χ4v) is 7.73. The summed E-state index contributed by atoms with van der Waals surface area (Å²) in [6.07, 6.45) is 1.86. The first-order chi connectivity index (χ1) is 22.0. The van der Waals surface area contributed by atoms with E-state index in [0.29, 0.717) is 35.2 Å². The molecule has 0 saturated heterocycles. The maximum atomic E-state index is 6.51. The molecule has 6 aromatic rings. The summed E-state index contributed by atoms with van der Waals surface area (Å²) >= 11 is 0. The first-order valence-electron chi connectivity index (χ1n) is 16.4. The van der Waals surface area contributed by atoms with Crippen LogP contribution in [0, 0.1) is 57.6 Å². The SMILES string of the molecule is CC1=C(C)[C@H](C)[C@H](C)[C@H](C)C1c1c(C)nn(-c2[c-]c(Oc3[c-]c4c(cc3)c3ccccc3n4-c3cc(C)ccn3)cc(C)c2)c1C.[Pt+2]. The van der Waals surface area contributed by atoms with Gasteiger partial charge < -0.3 is 9.30 Å². The Balaban J connectivity index is 0.00000386. The maximum Gasteiger partial charge on any atom is 2.00 e. The van der Waals surface area contributed by atoms with Gasteiger partial charge in [-0.05, 0) is 87.2 Å². The summed E-state index contributed by atoms with van der Waals surface area (Å²) < 4.78 is 10.7. The fourth-order valence-electron chi connectivity index (χ4n) is 7.73. The molecule has 3 aromatic carbocycles. The molecule has 1 unspecified atom stereocenters. The predicted molar refractivity (Wildman–Crippen MR) is 187 cm³/mol. The van der Waals surface area contributed by atoms with Crippen LogP contribution in [0.3, 0.4) is 0 Å². The second kappa shape index (κ2) is 12.6. The van der Waals surface area contributed by atoms with E-state index in [4.69, 9.17) is 14.8 Å². The Kier molecular flexibility index (Phi) is 8.82. The monoisotopic (exact) mass is 801 g/mol. The second-order valence-electron chi connectivity index (χ2n) is 13.5. The van der Waals surface area contributed by atoms with Crippen LogP contribution in [0.2, 0.25) is 0 Å². The van der Waals surface area contributed by atoms with Crippen molar-refractivity contribution in [1.82, 2.24) is 19.3 Å². The van der Waals surface area contributed by atoms with E-state index in [1.807, 2.05) is 24.4 Å². The van der Waals surface area contributed by atoms with Crippen molar-refractivity contribution in [2.24, 2.45) is 17.8 Å². The summed E-state index contributed by atoms with van der Waals surface area (Å²) in [5, 5.41) is 7.35. The molecule has 0 amide bonds. The van der Waals surface area contributed by atoms with E-state index in [-0.39, 0.29) is 21.1 Å². The number of aromatic nitrogens is 4. The van der Waals surface area contributed by atoms with Crippen LogP contribution in [-0.4, -0.2) is 19.3 Å². The van der Waals surface area contributed by atoms with Crippen molar-refractivity contribution in [3.8, 4) is 23.0 Å². The van der Waals surface area contributed by atoms with Crippen LogP contribution in [0.15, 0.2) is 78.0 Å². The van der Waals surface area contributed by atoms with E-state index in [9.17, 15) is 0 Å². The van der Waals surface area contributed by atoms with Crippen molar-refractivity contribution in [2.75, 3.05) is 0 Å². The number of ether oxygens (including phenoxy) is 1. The molecular formula is C41H42N4OPt. The molecule has 1 aliphatic carbocycles. The van der Waals surface area contributed by atoms with Gasteiger partial charge in [-0.1, -0.05) is 62.6 Å². The van der Waals surface area contributed by atoms with E-state index >= 15 is 0 Å². The average molecular weight is 802 g/mol. The minimum absolute atomic E-state index is 0. The van der Waals surface area contributed by atoms with Gasteiger partial charge >= 0.3 is 21.1 Å². The molecule has 0 radical (unpaired) electrons. The Morgan fingerprint density at radius 2 is 1.51 bits per heavy atom. The number of hydrogen-bond acceptors (Lipinski definition) is 3. The molecule has 3 aromatic heterocycles. The molecule has 1 aliphatic rings. The van der Waals surface area contributed by atoms with E-state index in [1.54, 1.807) is 0 Å². The Labute approximate surface area is 292 Å².